The monoisotopic (exact) mass is 206 g/mol. The Bertz CT molecular complexity index is 276. The Hall–Kier alpha value is -0.790. The second-order valence-corrected chi connectivity index (χ2v) is 4.99. The maximum absolute atomic E-state index is 4.71. The highest BCUT2D eigenvalue weighted by atomic mass is 15.5. The van der Waals surface area contributed by atoms with Crippen molar-refractivity contribution in [2.24, 2.45) is 11.0 Å². The molecule has 0 spiro atoms. The second kappa shape index (κ2) is 4.38. The van der Waals surface area contributed by atoms with Gasteiger partial charge in [0.25, 0.3) is 0 Å². The van der Waals surface area contributed by atoms with E-state index in [0.717, 1.165) is 18.2 Å². The van der Waals surface area contributed by atoms with Crippen LogP contribution in [-0.4, -0.2) is 23.3 Å². The number of rotatable bonds is 3. The topological polar surface area (TPSA) is 15.6 Å². The minimum absolute atomic E-state index is 0.620. The van der Waals surface area contributed by atoms with Gasteiger partial charge in [-0.1, -0.05) is 13.0 Å². The summed E-state index contributed by atoms with van der Waals surface area (Å²) in [4.78, 5) is 0. The largest absolute Gasteiger partial charge is 0.294 e. The summed E-state index contributed by atoms with van der Waals surface area (Å²) in [5.74, 6) is 0.728. The SMILES string of the molecule is C=C(/C(C)=N/N1CCCC1C)C1CCC1. The fraction of sp³-hybridized carbons (Fsp3) is 0.769. The van der Waals surface area contributed by atoms with Crippen molar-refractivity contribution in [2.75, 3.05) is 6.54 Å². The van der Waals surface area contributed by atoms with Gasteiger partial charge in [-0.2, -0.15) is 5.10 Å². The summed E-state index contributed by atoms with van der Waals surface area (Å²) in [6.07, 6.45) is 6.58. The molecule has 1 saturated heterocycles. The first-order valence-corrected chi connectivity index (χ1v) is 6.19. The zero-order valence-electron chi connectivity index (χ0n) is 10.00. The van der Waals surface area contributed by atoms with E-state index in [1.807, 2.05) is 0 Å². The Kier molecular flexibility index (Phi) is 3.13. The molecule has 84 valence electrons. The molecule has 0 N–H and O–H groups in total. The smallest absolute Gasteiger partial charge is 0.0603 e. The molecule has 2 heteroatoms. The minimum Gasteiger partial charge on any atom is -0.294 e. The first kappa shape index (κ1) is 10.7. The van der Waals surface area contributed by atoms with Crippen LogP contribution in [0.2, 0.25) is 0 Å². The van der Waals surface area contributed by atoms with Gasteiger partial charge in [0.05, 0.1) is 5.71 Å². The third-order valence-electron chi connectivity index (χ3n) is 3.86. The Morgan fingerprint density at radius 1 is 1.27 bits per heavy atom. The number of nitrogens with zero attached hydrogens (tertiary/aromatic N) is 2. The molecule has 0 bridgehead atoms. The van der Waals surface area contributed by atoms with Gasteiger partial charge in [-0.3, -0.25) is 5.01 Å². The van der Waals surface area contributed by atoms with Crippen molar-refractivity contribution in [3.05, 3.63) is 12.2 Å². The maximum atomic E-state index is 4.71. The third-order valence-corrected chi connectivity index (χ3v) is 3.86. The fourth-order valence-electron chi connectivity index (χ4n) is 2.38. The molecule has 2 rings (SSSR count). The molecule has 2 aliphatic rings. The molecule has 0 aromatic rings. The van der Waals surface area contributed by atoms with Crippen LogP contribution in [0.4, 0.5) is 0 Å². The molecule has 15 heavy (non-hydrogen) atoms. The van der Waals surface area contributed by atoms with E-state index in [0.29, 0.717) is 6.04 Å². The Labute approximate surface area is 93.0 Å². The Morgan fingerprint density at radius 3 is 2.47 bits per heavy atom. The molecule has 1 atom stereocenters. The molecular formula is C13H22N2. The maximum Gasteiger partial charge on any atom is 0.0603 e. The molecule has 0 radical (unpaired) electrons. The van der Waals surface area contributed by atoms with Crippen LogP contribution in [0.5, 0.6) is 0 Å². The first-order valence-electron chi connectivity index (χ1n) is 6.19. The molecule has 2 nitrogen and oxygen atoms in total. The molecule has 0 aromatic carbocycles. The van der Waals surface area contributed by atoms with Crippen LogP contribution in [0.1, 0.15) is 46.0 Å². The average molecular weight is 206 g/mol. The lowest BCUT2D eigenvalue weighted by Crippen LogP contribution is -2.24. The predicted octanol–water partition coefficient (Wildman–Crippen LogP) is 3.20. The van der Waals surface area contributed by atoms with Crippen LogP contribution >= 0.6 is 0 Å². The molecule has 0 aromatic heterocycles. The van der Waals surface area contributed by atoms with Gasteiger partial charge in [0.15, 0.2) is 0 Å². The second-order valence-electron chi connectivity index (χ2n) is 4.99. The molecule has 1 aliphatic heterocycles. The van der Waals surface area contributed by atoms with Crippen molar-refractivity contribution in [1.29, 1.82) is 0 Å². The molecule has 1 heterocycles. The molecule has 0 amide bonds. The van der Waals surface area contributed by atoms with Gasteiger partial charge in [-0.25, -0.2) is 0 Å². The van der Waals surface area contributed by atoms with Crippen LogP contribution in [0.15, 0.2) is 17.3 Å². The summed E-state index contributed by atoms with van der Waals surface area (Å²) >= 11 is 0. The van der Waals surface area contributed by atoms with E-state index in [-0.39, 0.29) is 0 Å². The molecule has 1 saturated carbocycles. The Balaban J connectivity index is 1.96. The van der Waals surface area contributed by atoms with Crippen LogP contribution in [0.3, 0.4) is 0 Å². The molecule has 2 fully saturated rings. The van der Waals surface area contributed by atoms with E-state index >= 15 is 0 Å². The summed E-state index contributed by atoms with van der Waals surface area (Å²) in [5, 5.41) is 6.95. The highest BCUT2D eigenvalue weighted by Crippen LogP contribution is 2.33. The lowest BCUT2D eigenvalue weighted by Gasteiger charge is -2.28. The number of hydrogen-bond donors (Lipinski definition) is 0. The van der Waals surface area contributed by atoms with E-state index < -0.39 is 0 Å². The van der Waals surface area contributed by atoms with Gasteiger partial charge >= 0.3 is 0 Å². The molecular weight excluding hydrogens is 184 g/mol. The van der Waals surface area contributed by atoms with Crippen molar-refractivity contribution in [1.82, 2.24) is 5.01 Å². The van der Waals surface area contributed by atoms with E-state index in [9.17, 15) is 0 Å². The normalized spacial score (nSPS) is 28.0. The summed E-state index contributed by atoms with van der Waals surface area (Å²) < 4.78 is 0. The van der Waals surface area contributed by atoms with Crippen molar-refractivity contribution in [2.45, 2.75) is 52.0 Å². The van der Waals surface area contributed by atoms with Crippen LogP contribution < -0.4 is 0 Å². The zero-order valence-corrected chi connectivity index (χ0v) is 10.00. The highest BCUT2D eigenvalue weighted by Gasteiger charge is 2.23. The van der Waals surface area contributed by atoms with Gasteiger partial charge in [0.2, 0.25) is 0 Å². The van der Waals surface area contributed by atoms with Crippen LogP contribution in [-0.2, 0) is 0 Å². The van der Waals surface area contributed by atoms with E-state index in [2.05, 4.69) is 25.4 Å². The van der Waals surface area contributed by atoms with E-state index in [4.69, 9.17) is 5.10 Å². The van der Waals surface area contributed by atoms with Crippen molar-refractivity contribution < 1.29 is 0 Å². The first-order chi connectivity index (χ1) is 7.18. The van der Waals surface area contributed by atoms with E-state index in [1.165, 1.54) is 37.7 Å². The number of allylic oxidation sites excluding steroid dienone is 1. The Morgan fingerprint density at radius 2 is 2.00 bits per heavy atom. The fourth-order valence-corrected chi connectivity index (χ4v) is 2.38. The summed E-state index contributed by atoms with van der Waals surface area (Å²) in [6, 6.07) is 0.620. The van der Waals surface area contributed by atoms with Crippen molar-refractivity contribution in [3.63, 3.8) is 0 Å². The van der Waals surface area contributed by atoms with Gasteiger partial charge in [0.1, 0.15) is 0 Å². The quantitative estimate of drug-likeness (QED) is 0.647. The predicted molar refractivity (Wildman–Crippen MR) is 65.0 cm³/mol. The standard InChI is InChI=1S/C13H22N2/c1-10-6-5-9-15(10)14-12(3)11(2)13-7-4-8-13/h10,13H,2,4-9H2,1,3H3/b14-12+. The summed E-state index contributed by atoms with van der Waals surface area (Å²) in [5.41, 5.74) is 2.44. The van der Waals surface area contributed by atoms with Crippen molar-refractivity contribution in [3.8, 4) is 0 Å². The molecule has 1 unspecified atom stereocenters. The minimum atomic E-state index is 0.620. The lowest BCUT2D eigenvalue weighted by molar-refractivity contribution is 0.282. The third kappa shape index (κ3) is 2.24. The summed E-state index contributed by atoms with van der Waals surface area (Å²) in [6.45, 7) is 9.68. The van der Waals surface area contributed by atoms with Gasteiger partial charge in [-0.05, 0) is 51.0 Å². The van der Waals surface area contributed by atoms with Crippen LogP contribution in [0.25, 0.3) is 0 Å². The van der Waals surface area contributed by atoms with Crippen LogP contribution in [0, 0.1) is 5.92 Å². The van der Waals surface area contributed by atoms with Gasteiger partial charge < -0.3 is 0 Å². The zero-order chi connectivity index (χ0) is 10.8. The number of hydrazone groups is 1. The molecule has 1 aliphatic carbocycles. The van der Waals surface area contributed by atoms with Crippen molar-refractivity contribution >= 4 is 5.71 Å². The van der Waals surface area contributed by atoms with E-state index in [1.54, 1.807) is 0 Å². The lowest BCUT2D eigenvalue weighted by atomic mass is 9.79. The van der Waals surface area contributed by atoms with Gasteiger partial charge in [-0.15, -0.1) is 0 Å². The van der Waals surface area contributed by atoms with Gasteiger partial charge in [0, 0.05) is 12.6 Å². The average Bonchev–Trinajstić information content (AvgIpc) is 2.49. The summed E-state index contributed by atoms with van der Waals surface area (Å²) in [7, 11) is 0. The number of hydrogen-bond acceptors (Lipinski definition) is 2. The highest BCUT2D eigenvalue weighted by molar-refractivity contribution is 5.98.